The Morgan fingerprint density at radius 2 is 1.79 bits per heavy atom. The SMILES string of the molecule is C/C=C(\C=C/c1ccccc1)C(C)C. The van der Waals surface area contributed by atoms with E-state index in [1.165, 1.54) is 11.1 Å². The molecule has 0 bridgehead atoms. The van der Waals surface area contributed by atoms with Gasteiger partial charge in [0.1, 0.15) is 0 Å². The van der Waals surface area contributed by atoms with Gasteiger partial charge in [0.2, 0.25) is 0 Å². The predicted octanol–water partition coefficient (Wildman–Crippen LogP) is 4.30. The first-order chi connectivity index (χ1) is 6.74. The fourth-order valence-electron chi connectivity index (χ4n) is 1.38. The van der Waals surface area contributed by atoms with Gasteiger partial charge in [-0.2, -0.15) is 0 Å². The smallest absolute Gasteiger partial charge is 0.0222 e. The fourth-order valence-corrected chi connectivity index (χ4v) is 1.38. The zero-order valence-electron chi connectivity index (χ0n) is 9.20. The lowest BCUT2D eigenvalue weighted by Crippen LogP contribution is -1.88. The molecular weight excluding hydrogens is 168 g/mol. The van der Waals surface area contributed by atoms with Gasteiger partial charge in [-0.3, -0.25) is 0 Å². The summed E-state index contributed by atoms with van der Waals surface area (Å²) < 4.78 is 0. The molecule has 0 N–H and O–H groups in total. The van der Waals surface area contributed by atoms with Gasteiger partial charge in [0, 0.05) is 0 Å². The van der Waals surface area contributed by atoms with Crippen molar-refractivity contribution in [1.82, 2.24) is 0 Å². The molecule has 0 aromatic heterocycles. The third-order valence-electron chi connectivity index (χ3n) is 2.27. The van der Waals surface area contributed by atoms with Crippen LogP contribution < -0.4 is 0 Å². The molecular formula is C14H18. The van der Waals surface area contributed by atoms with E-state index in [0.717, 1.165) is 0 Å². The first kappa shape index (κ1) is 10.8. The summed E-state index contributed by atoms with van der Waals surface area (Å²) in [6.45, 7) is 6.51. The summed E-state index contributed by atoms with van der Waals surface area (Å²) in [6.07, 6.45) is 6.53. The summed E-state index contributed by atoms with van der Waals surface area (Å²) in [7, 11) is 0. The minimum Gasteiger partial charge on any atom is -0.0842 e. The van der Waals surface area contributed by atoms with Crippen molar-refractivity contribution in [1.29, 1.82) is 0 Å². The normalized spacial score (nSPS) is 12.7. The van der Waals surface area contributed by atoms with E-state index in [2.05, 4.69) is 63.3 Å². The molecule has 0 aliphatic rings. The van der Waals surface area contributed by atoms with E-state index in [0.29, 0.717) is 5.92 Å². The van der Waals surface area contributed by atoms with Gasteiger partial charge in [-0.15, -0.1) is 0 Å². The van der Waals surface area contributed by atoms with Gasteiger partial charge >= 0.3 is 0 Å². The van der Waals surface area contributed by atoms with Gasteiger partial charge in [-0.1, -0.05) is 62.4 Å². The van der Waals surface area contributed by atoms with Crippen LogP contribution in [0.25, 0.3) is 6.08 Å². The van der Waals surface area contributed by atoms with Crippen LogP contribution in [0.2, 0.25) is 0 Å². The van der Waals surface area contributed by atoms with Crippen LogP contribution in [0.3, 0.4) is 0 Å². The van der Waals surface area contributed by atoms with Gasteiger partial charge in [0.05, 0.1) is 0 Å². The molecule has 0 nitrogen and oxygen atoms in total. The Morgan fingerprint density at radius 3 is 2.29 bits per heavy atom. The maximum atomic E-state index is 2.21. The molecule has 0 spiro atoms. The van der Waals surface area contributed by atoms with E-state index in [-0.39, 0.29) is 0 Å². The van der Waals surface area contributed by atoms with Crippen molar-refractivity contribution in [3.63, 3.8) is 0 Å². The Bertz CT molecular complexity index is 315. The highest BCUT2D eigenvalue weighted by Crippen LogP contribution is 2.12. The summed E-state index contributed by atoms with van der Waals surface area (Å²) in [5.74, 6) is 0.597. The van der Waals surface area contributed by atoms with Gasteiger partial charge in [-0.25, -0.2) is 0 Å². The highest BCUT2D eigenvalue weighted by atomic mass is 14.0. The highest BCUT2D eigenvalue weighted by Gasteiger charge is 1.96. The lowest BCUT2D eigenvalue weighted by atomic mass is 10.0. The molecule has 0 saturated carbocycles. The van der Waals surface area contributed by atoms with Crippen molar-refractivity contribution >= 4 is 6.08 Å². The van der Waals surface area contributed by atoms with Crippen LogP contribution in [0.1, 0.15) is 26.3 Å². The Labute approximate surface area is 87.0 Å². The van der Waals surface area contributed by atoms with Crippen molar-refractivity contribution < 1.29 is 0 Å². The average Bonchev–Trinajstić information content (AvgIpc) is 2.20. The van der Waals surface area contributed by atoms with Gasteiger partial charge < -0.3 is 0 Å². The van der Waals surface area contributed by atoms with E-state index in [9.17, 15) is 0 Å². The summed E-state index contributed by atoms with van der Waals surface area (Å²) in [6, 6.07) is 10.4. The van der Waals surface area contributed by atoms with Crippen molar-refractivity contribution in [2.75, 3.05) is 0 Å². The molecule has 74 valence electrons. The fraction of sp³-hybridized carbons (Fsp3) is 0.286. The van der Waals surface area contributed by atoms with Crippen LogP contribution in [0, 0.1) is 5.92 Å². The van der Waals surface area contributed by atoms with E-state index in [1.54, 1.807) is 0 Å². The number of rotatable bonds is 3. The third-order valence-corrected chi connectivity index (χ3v) is 2.27. The van der Waals surface area contributed by atoms with E-state index >= 15 is 0 Å². The van der Waals surface area contributed by atoms with Crippen LogP contribution in [0.5, 0.6) is 0 Å². The summed E-state index contributed by atoms with van der Waals surface area (Å²) in [4.78, 5) is 0. The van der Waals surface area contributed by atoms with E-state index in [1.807, 2.05) is 6.07 Å². The van der Waals surface area contributed by atoms with Gasteiger partial charge in [-0.05, 0) is 24.0 Å². The quantitative estimate of drug-likeness (QED) is 0.617. The molecule has 0 radical (unpaired) electrons. The van der Waals surface area contributed by atoms with Crippen molar-refractivity contribution in [3.8, 4) is 0 Å². The molecule has 0 heteroatoms. The molecule has 0 amide bonds. The van der Waals surface area contributed by atoms with Crippen molar-refractivity contribution in [2.24, 2.45) is 5.92 Å². The van der Waals surface area contributed by atoms with Crippen molar-refractivity contribution in [3.05, 3.63) is 53.6 Å². The summed E-state index contributed by atoms with van der Waals surface area (Å²) >= 11 is 0. The molecule has 0 fully saturated rings. The molecule has 1 aromatic carbocycles. The first-order valence-corrected chi connectivity index (χ1v) is 5.13. The zero-order chi connectivity index (χ0) is 10.4. The zero-order valence-corrected chi connectivity index (χ0v) is 9.20. The third kappa shape index (κ3) is 3.21. The first-order valence-electron chi connectivity index (χ1n) is 5.13. The Kier molecular flexibility index (Phi) is 4.18. The maximum Gasteiger partial charge on any atom is -0.0222 e. The molecule has 0 aliphatic carbocycles. The highest BCUT2D eigenvalue weighted by molar-refractivity contribution is 5.52. The average molecular weight is 186 g/mol. The number of benzene rings is 1. The van der Waals surface area contributed by atoms with Crippen LogP contribution in [-0.2, 0) is 0 Å². The largest absolute Gasteiger partial charge is 0.0842 e. The lowest BCUT2D eigenvalue weighted by Gasteiger charge is -2.04. The molecule has 0 heterocycles. The van der Waals surface area contributed by atoms with Gasteiger partial charge in [0.15, 0.2) is 0 Å². The molecule has 1 rings (SSSR count). The van der Waals surface area contributed by atoms with Crippen LogP contribution in [-0.4, -0.2) is 0 Å². The number of hydrogen-bond acceptors (Lipinski definition) is 0. The minimum absolute atomic E-state index is 0.597. The molecule has 0 atom stereocenters. The van der Waals surface area contributed by atoms with Crippen LogP contribution >= 0.6 is 0 Å². The summed E-state index contributed by atoms with van der Waals surface area (Å²) in [5, 5.41) is 0. The Balaban J connectivity index is 2.73. The second-order valence-electron chi connectivity index (χ2n) is 3.69. The monoisotopic (exact) mass is 186 g/mol. The topological polar surface area (TPSA) is 0 Å². The minimum atomic E-state index is 0.597. The van der Waals surface area contributed by atoms with Crippen molar-refractivity contribution in [2.45, 2.75) is 20.8 Å². The standard InChI is InChI=1S/C14H18/c1-4-14(12(2)3)11-10-13-8-6-5-7-9-13/h4-12H,1-3H3/b11-10-,14-4+. The second-order valence-corrected chi connectivity index (χ2v) is 3.69. The van der Waals surface area contributed by atoms with Crippen LogP contribution in [0.15, 0.2) is 48.1 Å². The Morgan fingerprint density at radius 1 is 1.14 bits per heavy atom. The molecule has 0 aliphatic heterocycles. The number of hydrogen-bond donors (Lipinski definition) is 0. The molecule has 1 aromatic rings. The molecule has 0 unspecified atom stereocenters. The second kappa shape index (κ2) is 5.43. The molecule has 14 heavy (non-hydrogen) atoms. The Hall–Kier alpha value is -1.30. The van der Waals surface area contributed by atoms with Gasteiger partial charge in [0.25, 0.3) is 0 Å². The van der Waals surface area contributed by atoms with E-state index < -0.39 is 0 Å². The predicted molar refractivity (Wildman–Crippen MR) is 64.1 cm³/mol. The summed E-state index contributed by atoms with van der Waals surface area (Å²) in [5.41, 5.74) is 2.64. The lowest BCUT2D eigenvalue weighted by molar-refractivity contribution is 0.790. The van der Waals surface area contributed by atoms with Crippen LogP contribution in [0.4, 0.5) is 0 Å². The van der Waals surface area contributed by atoms with E-state index in [4.69, 9.17) is 0 Å². The maximum absolute atomic E-state index is 2.21. The molecule has 0 saturated heterocycles. The number of allylic oxidation sites excluding steroid dienone is 3.